The molecule has 0 fully saturated rings. The smallest absolute Gasteiger partial charge is 0.332 e. The minimum Gasteiger partial charge on any atom is -0.374 e. The van der Waals surface area contributed by atoms with Gasteiger partial charge in [-0.05, 0) is 18.9 Å². The van der Waals surface area contributed by atoms with E-state index in [1.54, 1.807) is 23.7 Å². The third-order valence-electron chi connectivity index (χ3n) is 4.71. The number of ether oxygens (including phenoxy) is 1. The van der Waals surface area contributed by atoms with E-state index in [0.29, 0.717) is 35.7 Å². The number of benzene rings is 1. The number of imidazole rings is 1. The molecule has 3 aromatic rings. The number of hydrogen-bond donors (Lipinski definition) is 0. The van der Waals surface area contributed by atoms with Gasteiger partial charge in [-0.25, -0.2) is 9.78 Å². The van der Waals surface area contributed by atoms with Crippen LogP contribution in [0.5, 0.6) is 0 Å². The second kappa shape index (κ2) is 7.93. The molecule has 2 aromatic heterocycles. The Hall–Kier alpha value is -3.00. The molecule has 8 nitrogen and oxygen atoms in total. The van der Waals surface area contributed by atoms with Gasteiger partial charge in [0.25, 0.3) is 5.56 Å². The van der Waals surface area contributed by atoms with Crippen molar-refractivity contribution in [3.63, 3.8) is 0 Å². The van der Waals surface area contributed by atoms with Crippen molar-refractivity contribution < 1.29 is 9.53 Å². The number of ketones is 1. The van der Waals surface area contributed by atoms with E-state index in [1.165, 1.54) is 18.5 Å². The number of carbonyl (C=O) groups excluding carboxylic acids is 1. The summed E-state index contributed by atoms with van der Waals surface area (Å²) < 4.78 is 9.88. The first kappa shape index (κ1) is 19.8. The summed E-state index contributed by atoms with van der Waals surface area (Å²) in [4.78, 5) is 41.1. The van der Waals surface area contributed by atoms with Crippen LogP contribution in [0, 0.1) is 0 Å². The molecule has 0 bridgehead atoms. The standard InChI is InChI=1S/C20H24N4O4/c1-5-10-28-12-16-21-18-17(19(26)23(4)20(27)22(18)3)24(16)11-14-6-8-15(9-7-14)13(2)25/h6-9H,5,10-12H2,1-4H3. The van der Waals surface area contributed by atoms with Crippen molar-refractivity contribution >= 4 is 16.9 Å². The zero-order valence-corrected chi connectivity index (χ0v) is 16.6. The lowest BCUT2D eigenvalue weighted by Gasteiger charge is -2.10. The van der Waals surface area contributed by atoms with Gasteiger partial charge in [0.2, 0.25) is 0 Å². The maximum atomic E-state index is 12.8. The summed E-state index contributed by atoms with van der Waals surface area (Å²) in [6.45, 7) is 4.73. The summed E-state index contributed by atoms with van der Waals surface area (Å²) in [6, 6.07) is 7.23. The van der Waals surface area contributed by atoms with Crippen LogP contribution < -0.4 is 11.2 Å². The van der Waals surface area contributed by atoms with E-state index < -0.39 is 11.2 Å². The summed E-state index contributed by atoms with van der Waals surface area (Å²) in [5.74, 6) is 0.578. The molecule has 0 aliphatic rings. The van der Waals surface area contributed by atoms with Gasteiger partial charge in [0.1, 0.15) is 12.4 Å². The van der Waals surface area contributed by atoms with Gasteiger partial charge in [-0.15, -0.1) is 0 Å². The van der Waals surface area contributed by atoms with Crippen molar-refractivity contribution in [1.82, 2.24) is 18.7 Å². The van der Waals surface area contributed by atoms with Gasteiger partial charge in [0.05, 0.1) is 0 Å². The fourth-order valence-electron chi connectivity index (χ4n) is 3.11. The summed E-state index contributed by atoms with van der Waals surface area (Å²) in [5, 5.41) is 0. The first-order valence-electron chi connectivity index (χ1n) is 9.17. The van der Waals surface area contributed by atoms with Gasteiger partial charge in [-0.2, -0.15) is 0 Å². The molecule has 2 heterocycles. The first-order valence-corrected chi connectivity index (χ1v) is 9.17. The van der Waals surface area contributed by atoms with Crippen molar-refractivity contribution in [2.45, 2.75) is 33.4 Å². The third-order valence-corrected chi connectivity index (χ3v) is 4.71. The number of aryl methyl sites for hydroxylation is 1. The van der Waals surface area contributed by atoms with Gasteiger partial charge < -0.3 is 9.30 Å². The van der Waals surface area contributed by atoms with Crippen molar-refractivity contribution in [3.8, 4) is 0 Å². The molecule has 0 N–H and O–H groups in total. The molecular weight excluding hydrogens is 360 g/mol. The topological polar surface area (TPSA) is 88.1 Å². The van der Waals surface area contributed by atoms with Crippen LogP contribution in [0.2, 0.25) is 0 Å². The maximum Gasteiger partial charge on any atom is 0.332 e. The van der Waals surface area contributed by atoms with Crippen molar-refractivity contribution in [2.75, 3.05) is 6.61 Å². The zero-order chi connectivity index (χ0) is 20.4. The van der Waals surface area contributed by atoms with Gasteiger partial charge in [-0.1, -0.05) is 31.2 Å². The summed E-state index contributed by atoms with van der Waals surface area (Å²) in [6.07, 6.45) is 0.868. The van der Waals surface area contributed by atoms with Crippen LogP contribution in [0.15, 0.2) is 33.9 Å². The normalized spacial score (nSPS) is 11.3. The van der Waals surface area contributed by atoms with Crippen molar-refractivity contribution in [1.29, 1.82) is 0 Å². The van der Waals surface area contributed by atoms with Crippen LogP contribution in [0.4, 0.5) is 0 Å². The molecule has 0 saturated heterocycles. The fourth-order valence-corrected chi connectivity index (χ4v) is 3.11. The highest BCUT2D eigenvalue weighted by Crippen LogP contribution is 2.16. The summed E-state index contributed by atoms with van der Waals surface area (Å²) >= 11 is 0. The number of carbonyl (C=O) groups is 1. The van der Waals surface area contributed by atoms with Gasteiger partial charge in [0, 0.05) is 32.8 Å². The Morgan fingerprint density at radius 1 is 1.11 bits per heavy atom. The number of aromatic nitrogens is 4. The van der Waals surface area contributed by atoms with Crippen LogP contribution in [-0.4, -0.2) is 31.1 Å². The third kappa shape index (κ3) is 3.55. The monoisotopic (exact) mass is 384 g/mol. The largest absolute Gasteiger partial charge is 0.374 e. The van der Waals surface area contributed by atoms with Crippen LogP contribution in [-0.2, 0) is 32.0 Å². The van der Waals surface area contributed by atoms with E-state index in [9.17, 15) is 14.4 Å². The van der Waals surface area contributed by atoms with E-state index in [2.05, 4.69) is 4.98 Å². The van der Waals surface area contributed by atoms with Crippen LogP contribution >= 0.6 is 0 Å². The minimum absolute atomic E-state index is 0.00263. The lowest BCUT2D eigenvalue weighted by molar-refractivity contribution is 0.101. The molecule has 0 radical (unpaired) electrons. The van der Waals surface area contributed by atoms with Gasteiger partial charge in [0.15, 0.2) is 16.9 Å². The highest BCUT2D eigenvalue weighted by atomic mass is 16.5. The summed E-state index contributed by atoms with van der Waals surface area (Å²) in [7, 11) is 3.05. The average molecular weight is 384 g/mol. The molecule has 28 heavy (non-hydrogen) atoms. The minimum atomic E-state index is -0.422. The molecule has 0 amide bonds. The Kier molecular flexibility index (Phi) is 5.60. The Morgan fingerprint density at radius 2 is 1.79 bits per heavy atom. The molecule has 8 heteroatoms. The zero-order valence-electron chi connectivity index (χ0n) is 16.6. The number of fused-ring (bicyclic) bond motifs is 1. The number of nitrogens with zero attached hydrogens (tertiary/aromatic N) is 4. The molecular formula is C20H24N4O4. The molecule has 1 aromatic carbocycles. The molecule has 0 aliphatic carbocycles. The SMILES string of the molecule is CCCOCc1nc2c(c(=O)n(C)c(=O)n2C)n1Cc1ccc(C(C)=O)cc1. The highest BCUT2D eigenvalue weighted by Gasteiger charge is 2.19. The molecule has 0 spiro atoms. The van der Waals surface area contributed by atoms with Crippen molar-refractivity contribution in [3.05, 3.63) is 62.1 Å². The molecule has 0 atom stereocenters. The predicted molar refractivity (Wildman–Crippen MR) is 106 cm³/mol. The van der Waals surface area contributed by atoms with E-state index in [0.717, 1.165) is 16.6 Å². The highest BCUT2D eigenvalue weighted by molar-refractivity contribution is 5.94. The second-order valence-corrected chi connectivity index (χ2v) is 6.80. The van der Waals surface area contributed by atoms with E-state index in [-0.39, 0.29) is 12.4 Å². The number of Topliss-reactive ketones (excluding diaryl/α,β-unsaturated/α-hetero) is 1. The van der Waals surface area contributed by atoms with Crippen LogP contribution in [0.3, 0.4) is 0 Å². The number of rotatable bonds is 7. The number of hydrogen-bond acceptors (Lipinski definition) is 5. The van der Waals surface area contributed by atoms with Crippen molar-refractivity contribution in [2.24, 2.45) is 14.1 Å². The van der Waals surface area contributed by atoms with Crippen LogP contribution in [0.25, 0.3) is 11.2 Å². The van der Waals surface area contributed by atoms with E-state index in [4.69, 9.17) is 4.74 Å². The van der Waals surface area contributed by atoms with E-state index in [1.807, 2.05) is 19.1 Å². The lowest BCUT2D eigenvalue weighted by Crippen LogP contribution is -2.37. The average Bonchev–Trinajstić information content (AvgIpc) is 3.04. The lowest BCUT2D eigenvalue weighted by atomic mass is 10.1. The Labute approximate surface area is 162 Å². The molecule has 0 saturated carbocycles. The van der Waals surface area contributed by atoms with Crippen LogP contribution in [0.1, 0.15) is 42.0 Å². The fraction of sp³-hybridized carbons (Fsp3) is 0.400. The predicted octanol–water partition coefficient (Wildman–Crippen LogP) is 1.61. The first-order chi connectivity index (χ1) is 13.3. The molecule has 148 valence electrons. The molecule has 0 aliphatic heterocycles. The summed E-state index contributed by atoms with van der Waals surface area (Å²) in [5.41, 5.74) is 1.42. The quantitative estimate of drug-likeness (QED) is 0.456. The second-order valence-electron chi connectivity index (χ2n) is 6.80. The van der Waals surface area contributed by atoms with E-state index >= 15 is 0 Å². The van der Waals surface area contributed by atoms with Gasteiger partial charge in [-0.3, -0.25) is 18.7 Å². The Balaban J connectivity index is 2.14. The Morgan fingerprint density at radius 3 is 2.39 bits per heavy atom. The maximum absolute atomic E-state index is 12.8. The molecule has 3 rings (SSSR count). The van der Waals surface area contributed by atoms with Gasteiger partial charge >= 0.3 is 5.69 Å². The Bertz CT molecular complexity index is 1140. The molecule has 0 unspecified atom stereocenters.